The van der Waals surface area contributed by atoms with Crippen LogP contribution in [0.2, 0.25) is 0 Å². The number of unbranched alkanes of at least 4 members (excludes halogenated alkanes) is 1. The number of ether oxygens (including phenoxy) is 1. The first kappa shape index (κ1) is 15.7. The smallest absolute Gasteiger partial charge is 0.103 e. The molecule has 0 aliphatic heterocycles. The second-order valence-electron chi connectivity index (χ2n) is 5.93. The van der Waals surface area contributed by atoms with E-state index in [0.717, 1.165) is 61.2 Å². The fourth-order valence-corrected chi connectivity index (χ4v) is 2.68. The molecule has 0 amide bonds. The fourth-order valence-electron chi connectivity index (χ4n) is 2.68. The first-order chi connectivity index (χ1) is 11.3. The van der Waals surface area contributed by atoms with E-state index in [9.17, 15) is 0 Å². The third-order valence-electron chi connectivity index (χ3n) is 3.90. The number of nitrogens with zero attached hydrogens (tertiary/aromatic N) is 3. The van der Waals surface area contributed by atoms with Gasteiger partial charge in [0.2, 0.25) is 0 Å². The van der Waals surface area contributed by atoms with Crippen molar-refractivity contribution in [3.8, 4) is 11.3 Å². The first-order valence-electron chi connectivity index (χ1n) is 8.33. The van der Waals surface area contributed by atoms with E-state index < -0.39 is 0 Å². The molecule has 0 atom stereocenters. The molecule has 5 heteroatoms. The minimum absolute atomic E-state index is 0.839. The molecule has 0 spiro atoms. The highest BCUT2D eigenvalue weighted by atomic mass is 16.5. The Morgan fingerprint density at radius 3 is 3.00 bits per heavy atom. The van der Waals surface area contributed by atoms with Gasteiger partial charge in [0.25, 0.3) is 0 Å². The van der Waals surface area contributed by atoms with Crippen LogP contribution in [-0.2, 0) is 11.3 Å². The first-order valence-corrected chi connectivity index (χ1v) is 8.33. The van der Waals surface area contributed by atoms with Crippen molar-refractivity contribution in [1.29, 1.82) is 0 Å². The van der Waals surface area contributed by atoms with Crippen LogP contribution in [0.15, 0.2) is 30.6 Å². The fraction of sp³-hybridized carbons (Fsp3) is 0.444. The second-order valence-corrected chi connectivity index (χ2v) is 5.93. The predicted molar refractivity (Wildman–Crippen MR) is 92.4 cm³/mol. The Hall–Kier alpha value is -2.14. The number of aryl methyl sites for hydroxylation is 2. The molecule has 0 saturated carbocycles. The van der Waals surface area contributed by atoms with E-state index in [4.69, 9.17) is 4.74 Å². The average Bonchev–Trinajstić information content (AvgIpc) is 3.16. The van der Waals surface area contributed by atoms with Gasteiger partial charge in [-0.2, -0.15) is 10.2 Å². The molecule has 3 aromatic rings. The number of nitrogens with one attached hydrogen (secondary N) is 1. The normalized spacial score (nSPS) is 11.4. The summed E-state index contributed by atoms with van der Waals surface area (Å²) in [6.45, 7) is 6.84. The molecule has 0 aliphatic carbocycles. The molecule has 23 heavy (non-hydrogen) atoms. The summed E-state index contributed by atoms with van der Waals surface area (Å²) in [5.74, 6) is 0. The largest absolute Gasteiger partial charge is 0.381 e. The summed E-state index contributed by atoms with van der Waals surface area (Å²) in [5, 5.41) is 13.2. The third kappa shape index (κ3) is 3.79. The number of rotatable bonds is 8. The van der Waals surface area contributed by atoms with E-state index in [1.165, 1.54) is 5.56 Å². The van der Waals surface area contributed by atoms with Gasteiger partial charge in [-0.3, -0.25) is 9.78 Å². The highest BCUT2D eigenvalue weighted by molar-refractivity contribution is 5.92. The lowest BCUT2D eigenvalue weighted by Gasteiger charge is -2.03. The molecule has 5 nitrogen and oxygen atoms in total. The van der Waals surface area contributed by atoms with Gasteiger partial charge in [0.15, 0.2) is 0 Å². The van der Waals surface area contributed by atoms with Crippen molar-refractivity contribution in [1.82, 2.24) is 20.0 Å². The Kier molecular flexibility index (Phi) is 5.08. The van der Waals surface area contributed by atoms with Crippen LogP contribution in [0.1, 0.15) is 31.7 Å². The van der Waals surface area contributed by atoms with Crippen LogP contribution < -0.4 is 0 Å². The summed E-state index contributed by atoms with van der Waals surface area (Å²) >= 11 is 0. The summed E-state index contributed by atoms with van der Waals surface area (Å²) in [6.07, 6.45) is 7.20. The third-order valence-corrected chi connectivity index (χ3v) is 3.90. The van der Waals surface area contributed by atoms with Gasteiger partial charge in [-0.15, -0.1) is 0 Å². The quantitative estimate of drug-likeness (QED) is 0.641. The van der Waals surface area contributed by atoms with Gasteiger partial charge in [0.1, 0.15) is 5.69 Å². The molecule has 0 fully saturated rings. The number of H-pyrrole nitrogens is 1. The summed E-state index contributed by atoms with van der Waals surface area (Å²) in [6, 6.07) is 6.33. The molecule has 3 rings (SSSR count). The van der Waals surface area contributed by atoms with Crippen LogP contribution in [0.25, 0.3) is 22.2 Å². The zero-order chi connectivity index (χ0) is 16.1. The van der Waals surface area contributed by atoms with Crippen LogP contribution >= 0.6 is 0 Å². The molecule has 0 saturated heterocycles. The number of hydrogen-bond donors (Lipinski definition) is 1. The lowest BCUT2D eigenvalue weighted by molar-refractivity contribution is 0.130. The summed E-state index contributed by atoms with van der Waals surface area (Å²) < 4.78 is 7.49. The van der Waals surface area contributed by atoms with Crippen LogP contribution in [0.5, 0.6) is 0 Å². The Morgan fingerprint density at radius 2 is 2.13 bits per heavy atom. The van der Waals surface area contributed by atoms with E-state index >= 15 is 0 Å². The molecule has 1 N–H and O–H groups in total. The molecular weight excluding hydrogens is 288 g/mol. The monoisotopic (exact) mass is 312 g/mol. The van der Waals surface area contributed by atoms with Gasteiger partial charge in [0, 0.05) is 36.9 Å². The van der Waals surface area contributed by atoms with E-state index in [1.54, 1.807) is 0 Å². The number of fused-ring (bicyclic) bond motifs is 1. The molecule has 0 radical (unpaired) electrons. The molecule has 1 aromatic carbocycles. The van der Waals surface area contributed by atoms with Gasteiger partial charge >= 0.3 is 0 Å². The van der Waals surface area contributed by atoms with Crippen molar-refractivity contribution >= 4 is 10.9 Å². The van der Waals surface area contributed by atoms with Gasteiger partial charge in [-0.05, 0) is 38.3 Å². The molecule has 0 bridgehead atoms. The number of benzene rings is 1. The van der Waals surface area contributed by atoms with E-state index in [1.807, 2.05) is 10.9 Å². The highest BCUT2D eigenvalue weighted by Gasteiger charge is 2.10. The number of aromatic amines is 1. The Balaban J connectivity index is 1.63. The minimum Gasteiger partial charge on any atom is -0.381 e. The SMILES string of the molecule is CCCOCCCCn1cc(-c2n[nH]c3ccc(C)cc23)cn1. The van der Waals surface area contributed by atoms with Crippen molar-refractivity contribution < 1.29 is 4.74 Å². The summed E-state index contributed by atoms with van der Waals surface area (Å²) in [4.78, 5) is 0. The Labute approximate surface area is 136 Å². The minimum atomic E-state index is 0.839. The predicted octanol–water partition coefficient (Wildman–Crippen LogP) is 3.94. The maximum absolute atomic E-state index is 5.50. The molecule has 0 aliphatic rings. The van der Waals surface area contributed by atoms with Crippen LogP contribution in [0.3, 0.4) is 0 Å². The van der Waals surface area contributed by atoms with Crippen molar-refractivity contribution in [2.45, 2.75) is 39.7 Å². The van der Waals surface area contributed by atoms with Crippen LogP contribution in [0.4, 0.5) is 0 Å². The molecule has 122 valence electrons. The maximum atomic E-state index is 5.50. The number of hydrogen-bond acceptors (Lipinski definition) is 3. The second kappa shape index (κ2) is 7.42. The van der Waals surface area contributed by atoms with Gasteiger partial charge in [-0.1, -0.05) is 18.6 Å². The zero-order valence-electron chi connectivity index (χ0n) is 13.9. The Morgan fingerprint density at radius 1 is 1.22 bits per heavy atom. The molecule has 0 unspecified atom stereocenters. The van der Waals surface area contributed by atoms with E-state index in [0.29, 0.717) is 0 Å². The zero-order valence-corrected chi connectivity index (χ0v) is 13.9. The molecule has 2 aromatic heterocycles. The van der Waals surface area contributed by atoms with Crippen molar-refractivity contribution in [3.63, 3.8) is 0 Å². The molecular formula is C18H24N4O. The molecule has 2 heterocycles. The van der Waals surface area contributed by atoms with Gasteiger partial charge in [-0.25, -0.2) is 0 Å². The maximum Gasteiger partial charge on any atom is 0.103 e. The van der Waals surface area contributed by atoms with E-state index in [-0.39, 0.29) is 0 Å². The van der Waals surface area contributed by atoms with Gasteiger partial charge < -0.3 is 4.74 Å². The lowest BCUT2D eigenvalue weighted by Crippen LogP contribution is -2.01. The van der Waals surface area contributed by atoms with Crippen molar-refractivity contribution in [2.75, 3.05) is 13.2 Å². The van der Waals surface area contributed by atoms with Crippen molar-refractivity contribution in [3.05, 3.63) is 36.2 Å². The van der Waals surface area contributed by atoms with Gasteiger partial charge in [0.05, 0.1) is 11.7 Å². The average molecular weight is 312 g/mol. The van der Waals surface area contributed by atoms with Crippen LogP contribution in [0, 0.1) is 6.92 Å². The highest BCUT2D eigenvalue weighted by Crippen LogP contribution is 2.26. The summed E-state index contributed by atoms with van der Waals surface area (Å²) in [7, 11) is 0. The van der Waals surface area contributed by atoms with Crippen LogP contribution in [-0.4, -0.2) is 33.2 Å². The Bertz CT molecular complexity index is 759. The topological polar surface area (TPSA) is 55.7 Å². The van der Waals surface area contributed by atoms with E-state index in [2.05, 4.69) is 53.5 Å². The standard InChI is InChI=1S/C18H24N4O/c1-3-9-23-10-5-4-8-22-13-15(12-19-22)18-16-11-14(2)6-7-17(16)20-21-18/h6-7,11-13H,3-5,8-10H2,1-2H3,(H,20,21). The lowest BCUT2D eigenvalue weighted by atomic mass is 10.1. The summed E-state index contributed by atoms with van der Waals surface area (Å²) in [5.41, 5.74) is 4.33. The number of aromatic nitrogens is 4. The van der Waals surface area contributed by atoms with Crippen molar-refractivity contribution in [2.24, 2.45) is 0 Å².